The van der Waals surface area contributed by atoms with Crippen molar-refractivity contribution in [3.05, 3.63) is 65.7 Å². The smallest absolute Gasteiger partial charge is 0.130 e. The number of rotatable bonds is 7. The third-order valence-electron chi connectivity index (χ3n) is 3.20. The summed E-state index contributed by atoms with van der Waals surface area (Å²) in [5, 5.41) is 12.0. The summed E-state index contributed by atoms with van der Waals surface area (Å²) >= 11 is 0. The van der Waals surface area contributed by atoms with E-state index >= 15 is 0 Å². The van der Waals surface area contributed by atoms with E-state index in [1.165, 1.54) is 11.1 Å². The molecule has 1 atom stereocenters. The molecule has 21 heavy (non-hydrogen) atoms. The molecule has 0 amide bonds. The van der Waals surface area contributed by atoms with Gasteiger partial charge in [0, 0.05) is 0 Å². The number of likely N-dealkylation sites (N-methyl/N-ethyl adjacent to an activating group) is 1. The van der Waals surface area contributed by atoms with Crippen LogP contribution in [-0.2, 0) is 6.42 Å². The molecule has 0 radical (unpaired) electrons. The predicted molar refractivity (Wildman–Crippen MR) is 84.3 cm³/mol. The average molecular weight is 280 g/mol. The van der Waals surface area contributed by atoms with E-state index in [0.717, 1.165) is 18.7 Å². The molecule has 1 N–H and O–H groups in total. The van der Waals surface area contributed by atoms with Crippen LogP contribution in [0.15, 0.2) is 54.6 Å². The van der Waals surface area contributed by atoms with E-state index in [1.54, 1.807) is 0 Å². The highest BCUT2D eigenvalue weighted by Crippen LogP contribution is 2.15. The molecule has 0 bridgehead atoms. The number of nitrogens with zero attached hydrogens (tertiary/aromatic N) is 1. The van der Waals surface area contributed by atoms with Gasteiger partial charge in [-0.2, -0.15) is 5.26 Å². The Bertz CT molecular complexity index is 572. The zero-order valence-electron chi connectivity index (χ0n) is 12.3. The number of hydrogen-bond acceptors (Lipinski definition) is 3. The SMILES string of the molecule is CCNC(C#N)COc1ccc(Cc2ccccc2)cc1. The summed E-state index contributed by atoms with van der Waals surface area (Å²) in [6.45, 7) is 3.10. The highest BCUT2D eigenvalue weighted by atomic mass is 16.5. The second-order valence-electron chi connectivity index (χ2n) is 4.86. The second kappa shape index (κ2) is 8.08. The molecule has 1 unspecified atom stereocenters. The number of hydrogen-bond donors (Lipinski definition) is 1. The lowest BCUT2D eigenvalue weighted by atomic mass is 10.1. The van der Waals surface area contributed by atoms with Crippen molar-refractivity contribution < 1.29 is 4.74 Å². The molecule has 0 aliphatic heterocycles. The van der Waals surface area contributed by atoms with Gasteiger partial charge in [-0.1, -0.05) is 49.4 Å². The summed E-state index contributed by atoms with van der Waals surface area (Å²) in [4.78, 5) is 0. The van der Waals surface area contributed by atoms with E-state index in [0.29, 0.717) is 6.61 Å². The Labute approximate surface area is 126 Å². The fraction of sp³-hybridized carbons (Fsp3) is 0.278. The Morgan fingerprint density at radius 2 is 1.71 bits per heavy atom. The number of nitrogens with one attached hydrogen (secondary N) is 1. The lowest BCUT2D eigenvalue weighted by molar-refractivity contribution is 0.291. The molecule has 0 spiro atoms. The van der Waals surface area contributed by atoms with E-state index < -0.39 is 0 Å². The maximum Gasteiger partial charge on any atom is 0.130 e. The summed E-state index contributed by atoms with van der Waals surface area (Å²) in [7, 11) is 0. The van der Waals surface area contributed by atoms with Crippen LogP contribution in [0, 0.1) is 11.3 Å². The first-order valence-electron chi connectivity index (χ1n) is 7.20. The molecule has 3 nitrogen and oxygen atoms in total. The number of benzene rings is 2. The maximum absolute atomic E-state index is 8.95. The molecule has 0 fully saturated rings. The van der Waals surface area contributed by atoms with Crippen molar-refractivity contribution in [2.45, 2.75) is 19.4 Å². The fourth-order valence-electron chi connectivity index (χ4n) is 2.10. The average Bonchev–Trinajstić information content (AvgIpc) is 2.54. The van der Waals surface area contributed by atoms with Crippen LogP contribution in [0.5, 0.6) is 5.75 Å². The minimum absolute atomic E-state index is 0.265. The molecular formula is C18H20N2O. The highest BCUT2D eigenvalue weighted by Gasteiger charge is 2.06. The zero-order chi connectivity index (χ0) is 14.9. The molecule has 0 saturated carbocycles. The number of nitriles is 1. The predicted octanol–water partition coefficient (Wildman–Crippen LogP) is 3.16. The van der Waals surface area contributed by atoms with Crippen molar-refractivity contribution >= 4 is 0 Å². The fourth-order valence-corrected chi connectivity index (χ4v) is 2.10. The molecular weight excluding hydrogens is 260 g/mol. The number of ether oxygens (including phenoxy) is 1. The summed E-state index contributed by atoms with van der Waals surface area (Å²) in [6.07, 6.45) is 0.916. The monoisotopic (exact) mass is 280 g/mol. The first kappa shape index (κ1) is 15.1. The van der Waals surface area contributed by atoms with Gasteiger partial charge in [0.2, 0.25) is 0 Å². The van der Waals surface area contributed by atoms with E-state index in [9.17, 15) is 0 Å². The molecule has 0 aliphatic rings. The first-order chi connectivity index (χ1) is 10.3. The van der Waals surface area contributed by atoms with Gasteiger partial charge in [-0.05, 0) is 36.2 Å². The Morgan fingerprint density at radius 1 is 1.05 bits per heavy atom. The van der Waals surface area contributed by atoms with Crippen LogP contribution >= 0.6 is 0 Å². The van der Waals surface area contributed by atoms with Gasteiger partial charge < -0.3 is 4.74 Å². The Balaban J connectivity index is 1.89. The minimum atomic E-state index is -0.265. The summed E-state index contributed by atoms with van der Waals surface area (Å²) < 4.78 is 5.63. The lowest BCUT2D eigenvalue weighted by Crippen LogP contribution is -2.32. The van der Waals surface area contributed by atoms with Gasteiger partial charge in [0.15, 0.2) is 0 Å². The molecule has 0 aromatic heterocycles. The highest BCUT2D eigenvalue weighted by molar-refractivity contribution is 5.31. The normalized spacial score (nSPS) is 11.6. The van der Waals surface area contributed by atoms with Crippen molar-refractivity contribution in [2.24, 2.45) is 0 Å². The van der Waals surface area contributed by atoms with Gasteiger partial charge in [-0.15, -0.1) is 0 Å². The van der Waals surface area contributed by atoms with E-state index in [2.05, 4.69) is 47.8 Å². The quantitative estimate of drug-likeness (QED) is 0.847. The summed E-state index contributed by atoms with van der Waals surface area (Å²) in [5.41, 5.74) is 2.54. The first-order valence-corrected chi connectivity index (χ1v) is 7.20. The third-order valence-corrected chi connectivity index (χ3v) is 3.20. The van der Waals surface area contributed by atoms with Crippen LogP contribution in [-0.4, -0.2) is 19.2 Å². The Kier molecular flexibility index (Phi) is 5.81. The van der Waals surface area contributed by atoms with Gasteiger partial charge in [-0.3, -0.25) is 5.32 Å². The minimum Gasteiger partial charge on any atom is -0.491 e. The van der Waals surface area contributed by atoms with E-state index in [1.807, 2.05) is 25.1 Å². The summed E-state index contributed by atoms with van der Waals surface area (Å²) in [6, 6.07) is 20.3. The van der Waals surface area contributed by atoms with Crippen molar-refractivity contribution in [2.75, 3.05) is 13.2 Å². The molecule has 2 rings (SSSR count). The molecule has 2 aromatic carbocycles. The molecule has 3 heteroatoms. The van der Waals surface area contributed by atoms with Crippen LogP contribution in [0.2, 0.25) is 0 Å². The largest absolute Gasteiger partial charge is 0.491 e. The van der Waals surface area contributed by atoms with Crippen LogP contribution < -0.4 is 10.1 Å². The van der Waals surface area contributed by atoms with Crippen LogP contribution in [0.3, 0.4) is 0 Å². The van der Waals surface area contributed by atoms with Crippen molar-refractivity contribution in [1.29, 1.82) is 5.26 Å². The lowest BCUT2D eigenvalue weighted by Gasteiger charge is -2.12. The van der Waals surface area contributed by atoms with Crippen LogP contribution in [0.1, 0.15) is 18.1 Å². The van der Waals surface area contributed by atoms with Crippen LogP contribution in [0.4, 0.5) is 0 Å². The third kappa shape index (κ3) is 4.94. The maximum atomic E-state index is 8.95. The van der Waals surface area contributed by atoms with Gasteiger partial charge >= 0.3 is 0 Å². The van der Waals surface area contributed by atoms with Gasteiger partial charge in [-0.25, -0.2) is 0 Å². The standard InChI is InChI=1S/C18H20N2O/c1-2-20-17(13-19)14-21-18-10-8-16(9-11-18)12-15-6-4-3-5-7-15/h3-11,17,20H,2,12,14H2,1H3. The van der Waals surface area contributed by atoms with Crippen molar-refractivity contribution in [1.82, 2.24) is 5.32 Å². The molecule has 2 aromatic rings. The Morgan fingerprint density at radius 3 is 2.33 bits per heavy atom. The molecule has 108 valence electrons. The topological polar surface area (TPSA) is 45.0 Å². The van der Waals surface area contributed by atoms with Crippen molar-refractivity contribution in [3.8, 4) is 11.8 Å². The van der Waals surface area contributed by atoms with Gasteiger partial charge in [0.25, 0.3) is 0 Å². The van der Waals surface area contributed by atoms with Gasteiger partial charge in [0.05, 0.1) is 6.07 Å². The van der Waals surface area contributed by atoms with Gasteiger partial charge in [0.1, 0.15) is 18.4 Å². The molecule has 0 saturated heterocycles. The molecule has 0 heterocycles. The molecule has 0 aliphatic carbocycles. The van der Waals surface area contributed by atoms with E-state index in [4.69, 9.17) is 10.00 Å². The van der Waals surface area contributed by atoms with Crippen LogP contribution in [0.25, 0.3) is 0 Å². The zero-order valence-corrected chi connectivity index (χ0v) is 12.3. The van der Waals surface area contributed by atoms with Crippen molar-refractivity contribution in [3.63, 3.8) is 0 Å². The Hall–Kier alpha value is -2.31. The second-order valence-corrected chi connectivity index (χ2v) is 4.86. The van der Waals surface area contributed by atoms with E-state index in [-0.39, 0.29) is 6.04 Å². The summed E-state index contributed by atoms with van der Waals surface area (Å²) in [5.74, 6) is 0.796.